The lowest BCUT2D eigenvalue weighted by Gasteiger charge is -2.09. The number of halogens is 2. The minimum absolute atomic E-state index is 0.655. The van der Waals surface area contributed by atoms with Crippen molar-refractivity contribution in [3.05, 3.63) is 58.1 Å². The molecular weight excluding hydrogens is 269 g/mol. The fourth-order valence-corrected chi connectivity index (χ4v) is 1.97. The molecule has 0 radical (unpaired) electrons. The fourth-order valence-electron chi connectivity index (χ4n) is 1.61. The second-order valence-corrected chi connectivity index (χ2v) is 4.67. The number of methoxy groups -OCH3 is 1. The predicted molar refractivity (Wildman–Crippen MR) is 76.8 cm³/mol. The van der Waals surface area contributed by atoms with E-state index in [0.717, 1.165) is 17.0 Å². The molecule has 0 fully saturated rings. The van der Waals surface area contributed by atoms with Crippen molar-refractivity contribution in [1.82, 2.24) is 0 Å². The van der Waals surface area contributed by atoms with E-state index in [9.17, 15) is 0 Å². The van der Waals surface area contributed by atoms with Crippen molar-refractivity contribution < 1.29 is 4.74 Å². The van der Waals surface area contributed by atoms with Crippen molar-refractivity contribution in [2.45, 2.75) is 6.54 Å². The van der Waals surface area contributed by atoms with Gasteiger partial charge in [0.05, 0.1) is 17.8 Å². The topological polar surface area (TPSA) is 21.3 Å². The number of hydrogen-bond donors (Lipinski definition) is 1. The first-order valence-corrected chi connectivity index (χ1v) is 6.26. The van der Waals surface area contributed by atoms with Crippen LogP contribution in [0.4, 0.5) is 5.69 Å². The number of hydrogen-bond acceptors (Lipinski definition) is 2. The van der Waals surface area contributed by atoms with Gasteiger partial charge >= 0.3 is 0 Å². The summed E-state index contributed by atoms with van der Waals surface area (Å²) in [5.41, 5.74) is 1.94. The fraction of sp³-hybridized carbons (Fsp3) is 0.143. The van der Waals surface area contributed by atoms with Crippen molar-refractivity contribution in [1.29, 1.82) is 0 Å². The third-order valence-corrected chi connectivity index (χ3v) is 3.11. The van der Waals surface area contributed by atoms with Crippen LogP contribution in [0.5, 0.6) is 5.75 Å². The van der Waals surface area contributed by atoms with E-state index in [1.165, 1.54) is 0 Å². The molecule has 0 heterocycles. The van der Waals surface area contributed by atoms with Gasteiger partial charge in [-0.2, -0.15) is 0 Å². The Bertz CT molecular complexity index is 543. The molecule has 0 aliphatic heterocycles. The van der Waals surface area contributed by atoms with Crippen LogP contribution in [0.3, 0.4) is 0 Å². The maximum absolute atomic E-state index is 6.08. The molecule has 2 nitrogen and oxygen atoms in total. The van der Waals surface area contributed by atoms with Gasteiger partial charge in [-0.1, -0.05) is 35.3 Å². The van der Waals surface area contributed by atoms with Gasteiger partial charge in [-0.25, -0.2) is 0 Å². The van der Waals surface area contributed by atoms with Gasteiger partial charge < -0.3 is 10.1 Å². The van der Waals surface area contributed by atoms with E-state index in [-0.39, 0.29) is 0 Å². The average Bonchev–Trinajstić information content (AvgIpc) is 2.40. The van der Waals surface area contributed by atoms with Gasteiger partial charge in [-0.3, -0.25) is 0 Å². The van der Waals surface area contributed by atoms with E-state index >= 15 is 0 Å². The van der Waals surface area contributed by atoms with Crippen LogP contribution in [0.25, 0.3) is 0 Å². The summed E-state index contributed by atoms with van der Waals surface area (Å²) in [6, 6.07) is 13.2. The van der Waals surface area contributed by atoms with Crippen molar-refractivity contribution in [2.24, 2.45) is 0 Å². The third-order valence-electron chi connectivity index (χ3n) is 2.55. The molecule has 0 atom stereocenters. The molecule has 4 heteroatoms. The van der Waals surface area contributed by atoms with Crippen LogP contribution < -0.4 is 10.1 Å². The maximum atomic E-state index is 6.08. The monoisotopic (exact) mass is 281 g/mol. The van der Waals surface area contributed by atoms with E-state index in [0.29, 0.717) is 16.6 Å². The zero-order valence-electron chi connectivity index (χ0n) is 9.91. The molecule has 0 spiro atoms. The first kappa shape index (κ1) is 13.1. The van der Waals surface area contributed by atoms with Crippen LogP contribution in [0, 0.1) is 0 Å². The second-order valence-electron chi connectivity index (χ2n) is 3.83. The lowest BCUT2D eigenvalue weighted by molar-refractivity contribution is 0.414. The van der Waals surface area contributed by atoms with Crippen molar-refractivity contribution in [2.75, 3.05) is 12.4 Å². The summed E-state index contributed by atoms with van der Waals surface area (Å²) in [6.07, 6.45) is 0. The normalized spacial score (nSPS) is 10.2. The molecule has 2 rings (SSSR count). The zero-order valence-corrected chi connectivity index (χ0v) is 11.4. The van der Waals surface area contributed by atoms with Gasteiger partial charge in [0.15, 0.2) is 0 Å². The Morgan fingerprint density at radius 3 is 2.72 bits per heavy atom. The summed E-state index contributed by atoms with van der Waals surface area (Å²) in [5.74, 6) is 0.839. The highest BCUT2D eigenvalue weighted by atomic mass is 35.5. The highest BCUT2D eigenvalue weighted by Gasteiger charge is 2.01. The number of nitrogens with one attached hydrogen (secondary N) is 1. The summed E-state index contributed by atoms with van der Waals surface area (Å²) in [5, 5.41) is 4.56. The van der Waals surface area contributed by atoms with Gasteiger partial charge in [0.2, 0.25) is 0 Å². The van der Waals surface area contributed by atoms with E-state index < -0.39 is 0 Å². The van der Waals surface area contributed by atoms with E-state index in [1.54, 1.807) is 19.2 Å². The summed E-state index contributed by atoms with van der Waals surface area (Å²) in [4.78, 5) is 0. The third kappa shape index (κ3) is 3.31. The van der Waals surface area contributed by atoms with Gasteiger partial charge in [0.1, 0.15) is 5.75 Å². The molecule has 2 aromatic rings. The van der Waals surface area contributed by atoms with Crippen LogP contribution in [0.15, 0.2) is 42.5 Å². The molecule has 0 aliphatic rings. The van der Waals surface area contributed by atoms with E-state index in [1.807, 2.05) is 30.3 Å². The van der Waals surface area contributed by atoms with E-state index in [4.69, 9.17) is 27.9 Å². The molecule has 0 saturated carbocycles. The molecule has 0 amide bonds. The Balaban J connectivity index is 2.08. The Labute approximate surface area is 116 Å². The average molecular weight is 282 g/mol. The van der Waals surface area contributed by atoms with Gasteiger partial charge in [0, 0.05) is 11.6 Å². The highest BCUT2D eigenvalue weighted by Crippen LogP contribution is 2.26. The largest absolute Gasteiger partial charge is 0.497 e. The zero-order chi connectivity index (χ0) is 13.0. The summed E-state index contributed by atoms with van der Waals surface area (Å²) in [7, 11) is 1.65. The maximum Gasteiger partial charge on any atom is 0.119 e. The number of anilines is 1. The molecule has 0 saturated heterocycles. The van der Waals surface area contributed by atoms with Crippen LogP contribution in [0.1, 0.15) is 5.56 Å². The lowest BCUT2D eigenvalue weighted by atomic mass is 10.2. The molecule has 18 heavy (non-hydrogen) atoms. The van der Waals surface area contributed by atoms with Crippen molar-refractivity contribution in [3.63, 3.8) is 0 Å². The Morgan fingerprint density at radius 1 is 1.11 bits per heavy atom. The first-order chi connectivity index (χ1) is 8.69. The Hall–Kier alpha value is -1.38. The van der Waals surface area contributed by atoms with Crippen molar-refractivity contribution >= 4 is 28.9 Å². The SMILES string of the molecule is COc1cccc(CNc2cc(Cl)ccc2Cl)c1. The van der Waals surface area contributed by atoms with E-state index in [2.05, 4.69) is 5.32 Å². The van der Waals surface area contributed by atoms with Gasteiger partial charge in [0.25, 0.3) is 0 Å². The standard InChI is InChI=1S/C14H13Cl2NO/c1-18-12-4-2-3-10(7-12)9-17-14-8-11(15)5-6-13(14)16/h2-8,17H,9H2,1H3. The number of rotatable bonds is 4. The molecule has 0 aliphatic carbocycles. The summed E-state index contributed by atoms with van der Waals surface area (Å²) < 4.78 is 5.17. The molecule has 0 bridgehead atoms. The quantitative estimate of drug-likeness (QED) is 0.883. The molecule has 1 N–H and O–H groups in total. The van der Waals surface area contributed by atoms with Crippen LogP contribution in [-0.4, -0.2) is 7.11 Å². The molecule has 0 unspecified atom stereocenters. The lowest BCUT2D eigenvalue weighted by Crippen LogP contribution is -2.00. The van der Waals surface area contributed by atoms with Gasteiger partial charge in [-0.05, 0) is 35.9 Å². The highest BCUT2D eigenvalue weighted by molar-refractivity contribution is 6.35. The molecular formula is C14H13Cl2NO. The Morgan fingerprint density at radius 2 is 1.94 bits per heavy atom. The molecule has 0 aromatic heterocycles. The minimum atomic E-state index is 0.655. The summed E-state index contributed by atoms with van der Waals surface area (Å²) >= 11 is 12.0. The van der Waals surface area contributed by atoms with Crippen LogP contribution in [-0.2, 0) is 6.54 Å². The smallest absolute Gasteiger partial charge is 0.119 e. The number of benzene rings is 2. The minimum Gasteiger partial charge on any atom is -0.497 e. The molecule has 94 valence electrons. The summed E-state index contributed by atoms with van der Waals surface area (Å²) in [6.45, 7) is 0.664. The molecule has 2 aromatic carbocycles. The predicted octanol–water partition coefficient (Wildman–Crippen LogP) is 4.61. The number of ether oxygens (including phenoxy) is 1. The van der Waals surface area contributed by atoms with Crippen LogP contribution >= 0.6 is 23.2 Å². The first-order valence-electron chi connectivity index (χ1n) is 5.51. The Kier molecular flexibility index (Phi) is 4.34. The van der Waals surface area contributed by atoms with Gasteiger partial charge in [-0.15, -0.1) is 0 Å². The van der Waals surface area contributed by atoms with Crippen molar-refractivity contribution in [3.8, 4) is 5.75 Å². The van der Waals surface area contributed by atoms with Crippen LogP contribution in [0.2, 0.25) is 10.0 Å². The second kappa shape index (κ2) is 5.98.